The van der Waals surface area contributed by atoms with Crippen LogP contribution in [-0.4, -0.2) is 21.2 Å². The quantitative estimate of drug-likeness (QED) is 0.491. The van der Waals surface area contributed by atoms with Crippen molar-refractivity contribution in [2.75, 3.05) is 6.26 Å². The summed E-state index contributed by atoms with van der Waals surface area (Å²) in [6.45, 7) is 0. The molecule has 2 aromatic heterocycles. The summed E-state index contributed by atoms with van der Waals surface area (Å²) in [5, 5.41) is 1.82. The lowest BCUT2D eigenvalue weighted by atomic mass is 10.3. The van der Waals surface area contributed by atoms with E-state index in [2.05, 4.69) is 15.0 Å². The van der Waals surface area contributed by atoms with Gasteiger partial charge in [0.1, 0.15) is 0 Å². The van der Waals surface area contributed by atoms with Gasteiger partial charge >= 0.3 is 0 Å². The summed E-state index contributed by atoms with van der Waals surface area (Å²) in [6.07, 6.45) is 7.26. The third kappa shape index (κ3) is 1.25. The Balaban J connectivity index is 2.67. The zero-order chi connectivity index (χ0) is 8.39. The Kier molecular flexibility index (Phi) is 1.91. The normalized spacial score (nSPS) is 10.4. The summed E-state index contributed by atoms with van der Waals surface area (Å²) in [5.74, 6) is 0. The number of hydrogen-bond donors (Lipinski definition) is 0. The summed E-state index contributed by atoms with van der Waals surface area (Å²) in [7, 11) is 0. The molecule has 2 heterocycles. The van der Waals surface area contributed by atoms with Crippen molar-refractivity contribution in [1.29, 1.82) is 0 Å². The highest BCUT2D eigenvalue weighted by Gasteiger charge is 1.96. The Bertz CT molecular complexity index is 402. The monoisotopic (exact) mass is 177 g/mol. The van der Waals surface area contributed by atoms with Gasteiger partial charge in [0.15, 0.2) is 5.16 Å². The Morgan fingerprint density at radius 1 is 1.33 bits per heavy atom. The van der Waals surface area contributed by atoms with Crippen LogP contribution >= 0.6 is 11.8 Å². The molecule has 0 aromatic carbocycles. The van der Waals surface area contributed by atoms with E-state index >= 15 is 0 Å². The highest BCUT2D eigenvalue weighted by Crippen LogP contribution is 2.13. The van der Waals surface area contributed by atoms with Crippen LogP contribution in [0.15, 0.2) is 29.8 Å². The van der Waals surface area contributed by atoms with Gasteiger partial charge in [0.2, 0.25) is 0 Å². The Morgan fingerprint density at radius 3 is 3.08 bits per heavy atom. The van der Waals surface area contributed by atoms with Crippen molar-refractivity contribution in [2.45, 2.75) is 5.16 Å². The first-order chi connectivity index (χ1) is 5.90. The molecule has 4 heteroatoms. The summed E-state index contributed by atoms with van der Waals surface area (Å²) < 4.78 is 0. The first kappa shape index (κ1) is 7.49. The van der Waals surface area contributed by atoms with Gasteiger partial charge in [-0.15, -0.1) is 0 Å². The molecule has 12 heavy (non-hydrogen) atoms. The summed E-state index contributed by atoms with van der Waals surface area (Å²) >= 11 is 1.53. The fourth-order valence-electron chi connectivity index (χ4n) is 0.954. The number of rotatable bonds is 1. The highest BCUT2D eigenvalue weighted by atomic mass is 32.2. The minimum Gasteiger partial charge on any atom is -0.262 e. The summed E-state index contributed by atoms with van der Waals surface area (Å²) in [5.41, 5.74) is 0.900. The van der Waals surface area contributed by atoms with Gasteiger partial charge in [-0.05, 0) is 12.3 Å². The van der Waals surface area contributed by atoms with Crippen molar-refractivity contribution in [3.8, 4) is 0 Å². The molecule has 0 aliphatic carbocycles. The molecular weight excluding hydrogens is 170 g/mol. The fourth-order valence-corrected chi connectivity index (χ4v) is 1.30. The molecule has 0 fully saturated rings. The van der Waals surface area contributed by atoms with Crippen LogP contribution in [0.5, 0.6) is 0 Å². The maximum absolute atomic E-state index is 4.28. The largest absolute Gasteiger partial charge is 0.262 e. The SMILES string of the molecule is CSc1ncc2ccncc2n1. The van der Waals surface area contributed by atoms with Crippen LogP contribution in [0.25, 0.3) is 10.9 Å². The van der Waals surface area contributed by atoms with Crippen molar-refractivity contribution < 1.29 is 0 Å². The zero-order valence-corrected chi connectivity index (χ0v) is 7.38. The van der Waals surface area contributed by atoms with E-state index in [1.165, 1.54) is 11.8 Å². The Hall–Kier alpha value is -1.16. The molecule has 2 rings (SSSR count). The average Bonchev–Trinajstić information content (AvgIpc) is 2.17. The molecule has 0 atom stereocenters. The molecule has 0 saturated carbocycles. The molecule has 2 aromatic rings. The number of thioether (sulfide) groups is 1. The second kappa shape index (κ2) is 3.06. The fraction of sp³-hybridized carbons (Fsp3) is 0.125. The number of nitrogens with zero attached hydrogens (tertiary/aromatic N) is 3. The molecule has 3 nitrogen and oxygen atoms in total. The molecule has 0 saturated heterocycles. The Morgan fingerprint density at radius 2 is 2.25 bits per heavy atom. The first-order valence-electron chi connectivity index (χ1n) is 3.51. The van der Waals surface area contributed by atoms with Gasteiger partial charge in [-0.3, -0.25) is 4.98 Å². The van der Waals surface area contributed by atoms with Gasteiger partial charge in [-0.2, -0.15) is 0 Å². The van der Waals surface area contributed by atoms with Crippen LogP contribution in [0, 0.1) is 0 Å². The van der Waals surface area contributed by atoms with E-state index in [4.69, 9.17) is 0 Å². The zero-order valence-electron chi connectivity index (χ0n) is 6.56. The smallest absolute Gasteiger partial charge is 0.187 e. The molecule has 0 spiro atoms. The lowest BCUT2D eigenvalue weighted by Gasteiger charge is -1.96. The van der Waals surface area contributed by atoms with E-state index < -0.39 is 0 Å². The minimum absolute atomic E-state index is 0.788. The van der Waals surface area contributed by atoms with Gasteiger partial charge in [0.25, 0.3) is 0 Å². The molecule has 0 bridgehead atoms. The third-order valence-electron chi connectivity index (χ3n) is 1.55. The topological polar surface area (TPSA) is 38.7 Å². The van der Waals surface area contributed by atoms with Crippen molar-refractivity contribution in [1.82, 2.24) is 15.0 Å². The van der Waals surface area contributed by atoms with Crippen LogP contribution in [0.2, 0.25) is 0 Å². The third-order valence-corrected chi connectivity index (χ3v) is 2.11. The molecule has 0 aliphatic heterocycles. The van der Waals surface area contributed by atoms with Crippen molar-refractivity contribution >= 4 is 22.7 Å². The van der Waals surface area contributed by atoms with Crippen molar-refractivity contribution in [2.24, 2.45) is 0 Å². The van der Waals surface area contributed by atoms with Gasteiger partial charge in [-0.25, -0.2) is 9.97 Å². The maximum Gasteiger partial charge on any atom is 0.187 e. The molecule has 0 amide bonds. The number of pyridine rings is 1. The maximum atomic E-state index is 4.28. The molecule has 0 unspecified atom stereocenters. The van der Waals surface area contributed by atoms with Gasteiger partial charge in [-0.1, -0.05) is 11.8 Å². The van der Waals surface area contributed by atoms with Gasteiger partial charge in [0.05, 0.1) is 11.7 Å². The molecule has 0 N–H and O–H groups in total. The molecule has 60 valence electrons. The highest BCUT2D eigenvalue weighted by molar-refractivity contribution is 7.98. The number of aromatic nitrogens is 3. The van der Waals surface area contributed by atoms with Crippen molar-refractivity contribution in [3.63, 3.8) is 0 Å². The number of fused-ring (bicyclic) bond motifs is 1. The lowest BCUT2D eigenvalue weighted by molar-refractivity contribution is 1.00. The predicted octanol–water partition coefficient (Wildman–Crippen LogP) is 1.75. The minimum atomic E-state index is 0.788. The van der Waals surface area contributed by atoms with E-state index in [0.29, 0.717) is 0 Å². The lowest BCUT2D eigenvalue weighted by Crippen LogP contribution is -1.86. The molecule has 0 aliphatic rings. The summed E-state index contributed by atoms with van der Waals surface area (Å²) in [6, 6.07) is 1.90. The van der Waals surface area contributed by atoms with Crippen LogP contribution in [0.4, 0.5) is 0 Å². The second-order valence-electron chi connectivity index (χ2n) is 2.29. The van der Waals surface area contributed by atoms with Crippen LogP contribution in [0.3, 0.4) is 0 Å². The van der Waals surface area contributed by atoms with Gasteiger partial charge in [0, 0.05) is 17.8 Å². The van der Waals surface area contributed by atoms with Crippen molar-refractivity contribution in [3.05, 3.63) is 24.7 Å². The first-order valence-corrected chi connectivity index (χ1v) is 4.73. The van der Waals surface area contributed by atoms with E-state index in [1.54, 1.807) is 12.4 Å². The van der Waals surface area contributed by atoms with E-state index in [-0.39, 0.29) is 0 Å². The van der Waals surface area contributed by atoms with E-state index in [1.807, 2.05) is 18.5 Å². The predicted molar refractivity (Wildman–Crippen MR) is 49.1 cm³/mol. The second-order valence-corrected chi connectivity index (χ2v) is 3.06. The summed E-state index contributed by atoms with van der Waals surface area (Å²) in [4.78, 5) is 12.4. The van der Waals surface area contributed by atoms with Gasteiger partial charge < -0.3 is 0 Å². The van der Waals surface area contributed by atoms with Crippen LogP contribution in [0.1, 0.15) is 0 Å². The van der Waals surface area contributed by atoms with Crippen LogP contribution < -0.4 is 0 Å². The number of hydrogen-bond acceptors (Lipinski definition) is 4. The average molecular weight is 177 g/mol. The standard InChI is InChI=1S/C8H7N3S/c1-12-8-10-4-6-2-3-9-5-7(6)11-8/h2-5H,1H3. The van der Waals surface area contributed by atoms with E-state index in [9.17, 15) is 0 Å². The molecular formula is C8H7N3S. The van der Waals surface area contributed by atoms with Crippen LogP contribution in [-0.2, 0) is 0 Å². The molecule has 0 radical (unpaired) electrons. The van der Waals surface area contributed by atoms with E-state index in [0.717, 1.165) is 16.1 Å². The Labute approximate surface area is 74.3 Å².